The number of hydrogen-bond donors (Lipinski definition) is 1. The van der Waals surface area contributed by atoms with Crippen molar-refractivity contribution in [3.8, 4) is 11.5 Å². The average molecular weight is 229 g/mol. The predicted octanol–water partition coefficient (Wildman–Crippen LogP) is 1.82. The number of halogens is 1. The summed E-state index contributed by atoms with van der Waals surface area (Å²) in [5.41, 5.74) is 4.02. The summed E-state index contributed by atoms with van der Waals surface area (Å²) in [7, 11) is 4.58. The molecule has 0 amide bonds. The van der Waals surface area contributed by atoms with E-state index in [0.717, 1.165) is 5.56 Å². The molecule has 1 N–H and O–H groups in total. The van der Waals surface area contributed by atoms with Crippen LogP contribution in [-0.2, 0) is 18.1 Å². The molecule has 4 nitrogen and oxygen atoms in total. The standard InChI is InChI=1S/C11H16FNO3/c1-14-10-5-9(7-13-16-3)11(15-2)4-8(10)6-12/h4-5,13H,6-7H2,1-3H3. The number of hydroxylamine groups is 1. The Bertz CT molecular complexity index is 344. The molecule has 1 aromatic carbocycles. The highest BCUT2D eigenvalue weighted by Gasteiger charge is 2.10. The molecule has 0 radical (unpaired) electrons. The Morgan fingerprint density at radius 1 is 1.06 bits per heavy atom. The van der Waals surface area contributed by atoms with E-state index < -0.39 is 6.67 Å². The zero-order valence-electron chi connectivity index (χ0n) is 9.67. The Morgan fingerprint density at radius 2 is 1.62 bits per heavy atom. The molecule has 0 fully saturated rings. The molecule has 0 spiro atoms. The van der Waals surface area contributed by atoms with Crippen molar-refractivity contribution in [2.45, 2.75) is 13.2 Å². The number of nitrogens with one attached hydrogen (secondary N) is 1. The van der Waals surface area contributed by atoms with E-state index in [9.17, 15) is 4.39 Å². The minimum atomic E-state index is -0.586. The van der Waals surface area contributed by atoms with Crippen molar-refractivity contribution in [1.82, 2.24) is 5.48 Å². The average Bonchev–Trinajstić information content (AvgIpc) is 2.35. The van der Waals surface area contributed by atoms with E-state index in [1.807, 2.05) is 0 Å². The summed E-state index contributed by atoms with van der Waals surface area (Å²) in [6.07, 6.45) is 0. The lowest BCUT2D eigenvalue weighted by molar-refractivity contribution is 0.0860. The van der Waals surface area contributed by atoms with Gasteiger partial charge in [0.15, 0.2) is 0 Å². The molecule has 0 saturated carbocycles. The van der Waals surface area contributed by atoms with Crippen LogP contribution in [0.3, 0.4) is 0 Å². The maximum absolute atomic E-state index is 12.7. The molecule has 5 heteroatoms. The van der Waals surface area contributed by atoms with Gasteiger partial charge in [0.2, 0.25) is 0 Å². The Labute approximate surface area is 94.3 Å². The number of methoxy groups -OCH3 is 2. The molecule has 0 aliphatic carbocycles. The van der Waals surface area contributed by atoms with Gasteiger partial charge in [-0.1, -0.05) is 0 Å². The second kappa shape index (κ2) is 6.30. The van der Waals surface area contributed by atoms with Crippen LogP contribution < -0.4 is 15.0 Å². The predicted molar refractivity (Wildman–Crippen MR) is 58.2 cm³/mol. The monoisotopic (exact) mass is 229 g/mol. The fourth-order valence-electron chi connectivity index (χ4n) is 1.42. The van der Waals surface area contributed by atoms with E-state index >= 15 is 0 Å². The van der Waals surface area contributed by atoms with Crippen LogP contribution in [0.5, 0.6) is 11.5 Å². The van der Waals surface area contributed by atoms with Crippen molar-refractivity contribution in [2.75, 3.05) is 21.3 Å². The summed E-state index contributed by atoms with van der Waals surface area (Å²) in [5.74, 6) is 1.12. The molecule has 0 saturated heterocycles. The molecule has 0 unspecified atom stereocenters. The summed E-state index contributed by atoms with van der Waals surface area (Å²) in [5, 5.41) is 0. The molecule has 0 bridgehead atoms. The molecule has 1 aromatic rings. The lowest BCUT2D eigenvalue weighted by Crippen LogP contribution is -2.12. The largest absolute Gasteiger partial charge is 0.496 e. The van der Waals surface area contributed by atoms with Gasteiger partial charge in [-0.15, -0.1) is 0 Å². The third-order valence-electron chi connectivity index (χ3n) is 2.23. The topological polar surface area (TPSA) is 39.7 Å². The van der Waals surface area contributed by atoms with Gasteiger partial charge in [-0.2, -0.15) is 5.48 Å². The van der Waals surface area contributed by atoms with Crippen LogP contribution in [0.15, 0.2) is 12.1 Å². The first-order chi connectivity index (χ1) is 7.76. The molecule has 16 heavy (non-hydrogen) atoms. The fourth-order valence-corrected chi connectivity index (χ4v) is 1.42. The van der Waals surface area contributed by atoms with Crippen molar-refractivity contribution in [2.24, 2.45) is 0 Å². The van der Waals surface area contributed by atoms with E-state index in [-0.39, 0.29) is 0 Å². The lowest BCUT2D eigenvalue weighted by Gasteiger charge is -2.13. The highest BCUT2D eigenvalue weighted by Crippen LogP contribution is 2.29. The fraction of sp³-hybridized carbons (Fsp3) is 0.455. The Kier molecular flexibility index (Phi) is 5.01. The second-order valence-electron chi connectivity index (χ2n) is 3.13. The molecule has 0 heterocycles. The zero-order valence-corrected chi connectivity index (χ0v) is 9.67. The van der Waals surface area contributed by atoms with Crippen LogP contribution in [0.4, 0.5) is 4.39 Å². The Hall–Kier alpha value is -1.33. The number of ether oxygens (including phenoxy) is 2. The zero-order chi connectivity index (χ0) is 12.0. The summed E-state index contributed by atoms with van der Waals surface area (Å²) in [6, 6.07) is 3.37. The molecule has 0 aliphatic rings. The first kappa shape index (κ1) is 12.7. The highest BCUT2D eigenvalue weighted by atomic mass is 19.1. The molecular formula is C11H16FNO3. The van der Waals surface area contributed by atoms with Crippen LogP contribution >= 0.6 is 0 Å². The number of hydrogen-bond acceptors (Lipinski definition) is 4. The van der Waals surface area contributed by atoms with Crippen LogP contribution in [0, 0.1) is 0 Å². The van der Waals surface area contributed by atoms with Gasteiger partial charge in [0.05, 0.1) is 21.3 Å². The first-order valence-corrected chi connectivity index (χ1v) is 4.82. The van der Waals surface area contributed by atoms with Gasteiger partial charge >= 0.3 is 0 Å². The molecule has 0 atom stereocenters. The van der Waals surface area contributed by atoms with E-state index in [0.29, 0.717) is 23.6 Å². The first-order valence-electron chi connectivity index (χ1n) is 4.82. The van der Waals surface area contributed by atoms with E-state index in [2.05, 4.69) is 5.48 Å². The minimum absolute atomic E-state index is 0.461. The molecule has 0 aromatic heterocycles. The van der Waals surface area contributed by atoms with Crippen LogP contribution in [0.25, 0.3) is 0 Å². The lowest BCUT2D eigenvalue weighted by atomic mass is 10.1. The van der Waals surface area contributed by atoms with Crippen LogP contribution in [0.2, 0.25) is 0 Å². The van der Waals surface area contributed by atoms with Crippen molar-refractivity contribution in [3.63, 3.8) is 0 Å². The molecule has 1 rings (SSSR count). The van der Waals surface area contributed by atoms with Gasteiger partial charge in [0.25, 0.3) is 0 Å². The second-order valence-corrected chi connectivity index (χ2v) is 3.13. The van der Waals surface area contributed by atoms with Crippen molar-refractivity contribution < 1.29 is 18.7 Å². The van der Waals surface area contributed by atoms with Gasteiger partial charge in [-0.05, 0) is 12.1 Å². The van der Waals surface area contributed by atoms with Crippen LogP contribution in [0.1, 0.15) is 11.1 Å². The van der Waals surface area contributed by atoms with Crippen molar-refractivity contribution >= 4 is 0 Å². The van der Waals surface area contributed by atoms with Gasteiger partial charge in [0.1, 0.15) is 18.2 Å². The summed E-state index contributed by atoms with van der Waals surface area (Å²) in [4.78, 5) is 4.75. The third kappa shape index (κ3) is 2.84. The number of benzene rings is 1. The molecular weight excluding hydrogens is 213 g/mol. The maximum atomic E-state index is 12.7. The molecule has 0 aliphatic heterocycles. The Balaban J connectivity index is 3.05. The van der Waals surface area contributed by atoms with E-state index in [1.54, 1.807) is 19.2 Å². The summed E-state index contributed by atoms with van der Waals surface area (Å²) in [6.45, 7) is -0.125. The molecule has 90 valence electrons. The quantitative estimate of drug-likeness (QED) is 0.755. The SMILES string of the molecule is CONCc1cc(OC)c(CF)cc1OC. The summed E-state index contributed by atoms with van der Waals surface area (Å²) < 4.78 is 23.0. The van der Waals surface area contributed by atoms with Gasteiger partial charge in [-0.3, -0.25) is 0 Å². The summed E-state index contributed by atoms with van der Waals surface area (Å²) >= 11 is 0. The minimum Gasteiger partial charge on any atom is -0.496 e. The van der Waals surface area contributed by atoms with Crippen LogP contribution in [-0.4, -0.2) is 21.3 Å². The van der Waals surface area contributed by atoms with Gasteiger partial charge in [-0.25, -0.2) is 4.39 Å². The van der Waals surface area contributed by atoms with Gasteiger partial charge < -0.3 is 14.3 Å². The third-order valence-corrected chi connectivity index (χ3v) is 2.23. The normalized spacial score (nSPS) is 10.2. The Morgan fingerprint density at radius 3 is 2.12 bits per heavy atom. The van der Waals surface area contributed by atoms with Crippen molar-refractivity contribution in [1.29, 1.82) is 0 Å². The number of alkyl halides is 1. The van der Waals surface area contributed by atoms with Crippen molar-refractivity contribution in [3.05, 3.63) is 23.3 Å². The van der Waals surface area contributed by atoms with E-state index in [1.165, 1.54) is 14.2 Å². The van der Waals surface area contributed by atoms with E-state index in [4.69, 9.17) is 14.3 Å². The smallest absolute Gasteiger partial charge is 0.125 e. The highest BCUT2D eigenvalue weighted by molar-refractivity contribution is 5.46. The van der Waals surface area contributed by atoms with Gasteiger partial charge in [0, 0.05) is 17.7 Å². The maximum Gasteiger partial charge on any atom is 0.125 e. The number of rotatable bonds is 6.